The molecule has 1 aromatic rings. The predicted molar refractivity (Wildman–Crippen MR) is 78.9 cm³/mol. The van der Waals surface area contributed by atoms with Gasteiger partial charge < -0.3 is 10.4 Å². The largest absolute Gasteiger partial charge is 0.478 e. The number of carboxylic acid groups (broad SMARTS) is 1. The molecule has 1 aliphatic carbocycles. The smallest absolute Gasteiger partial charge is 0.337 e. The van der Waals surface area contributed by atoms with E-state index in [0.717, 1.165) is 12.8 Å². The van der Waals surface area contributed by atoms with Crippen molar-refractivity contribution in [3.05, 3.63) is 28.2 Å². The van der Waals surface area contributed by atoms with E-state index < -0.39 is 27.0 Å². The summed E-state index contributed by atoms with van der Waals surface area (Å²) in [6.45, 7) is 1.26. The minimum Gasteiger partial charge on any atom is -0.478 e. The van der Waals surface area contributed by atoms with Gasteiger partial charge in [-0.05, 0) is 38.0 Å². The lowest BCUT2D eigenvalue weighted by Gasteiger charge is -2.15. The number of carboxylic acids is 1. The van der Waals surface area contributed by atoms with Gasteiger partial charge in [0.15, 0.2) is 9.84 Å². The molecule has 0 aromatic heterocycles. The topological polar surface area (TPSA) is 101 Å². The predicted octanol–water partition coefficient (Wildman–Crippen LogP) is 1.59. The molecule has 2 N–H and O–H groups in total. The van der Waals surface area contributed by atoms with Gasteiger partial charge in [-0.3, -0.25) is 4.79 Å². The number of sulfone groups is 1. The summed E-state index contributed by atoms with van der Waals surface area (Å²) in [6.07, 6.45) is 1.69. The van der Waals surface area contributed by atoms with Gasteiger partial charge in [0, 0.05) is 10.5 Å². The molecule has 1 aromatic carbocycles. The Balaban J connectivity index is 2.40. The first-order valence-corrected chi connectivity index (χ1v) is 8.64. The molecule has 21 heavy (non-hydrogen) atoms. The van der Waals surface area contributed by atoms with Crippen molar-refractivity contribution in [1.82, 2.24) is 5.32 Å². The third kappa shape index (κ3) is 3.44. The van der Waals surface area contributed by atoms with Gasteiger partial charge in [0.2, 0.25) is 5.91 Å². The molecule has 1 saturated carbocycles. The second-order valence-corrected chi connectivity index (χ2v) is 8.07. The van der Waals surface area contributed by atoms with Gasteiger partial charge in [0.1, 0.15) is 5.25 Å². The van der Waals surface area contributed by atoms with Crippen molar-refractivity contribution < 1.29 is 23.1 Å². The van der Waals surface area contributed by atoms with Crippen LogP contribution < -0.4 is 5.32 Å². The zero-order chi connectivity index (χ0) is 15.8. The number of aromatic carboxylic acids is 1. The molecule has 2 rings (SSSR count). The Labute approximate surface area is 130 Å². The summed E-state index contributed by atoms with van der Waals surface area (Å²) in [5.74, 6) is -1.95. The fourth-order valence-corrected chi connectivity index (χ4v) is 3.78. The average molecular weight is 376 g/mol. The van der Waals surface area contributed by atoms with Crippen molar-refractivity contribution in [2.45, 2.75) is 36.0 Å². The Kier molecular flexibility index (Phi) is 4.38. The van der Waals surface area contributed by atoms with E-state index in [4.69, 9.17) is 5.11 Å². The van der Waals surface area contributed by atoms with E-state index in [-0.39, 0.29) is 16.5 Å². The van der Waals surface area contributed by atoms with Crippen LogP contribution in [0.3, 0.4) is 0 Å². The normalized spacial score (nSPS) is 16.3. The maximum absolute atomic E-state index is 12.5. The van der Waals surface area contributed by atoms with Gasteiger partial charge in [0.05, 0.1) is 10.5 Å². The standard InChI is InChI=1S/C13H14BrNO5S/c1-7(12(16)15-9-3-4-9)21(19,20)11-6-8(14)2-5-10(11)13(17)18/h2,5-7,9H,3-4H2,1H3,(H,15,16)(H,17,18). The third-order valence-electron chi connectivity index (χ3n) is 3.24. The van der Waals surface area contributed by atoms with E-state index in [1.54, 1.807) is 0 Å². The Hall–Kier alpha value is -1.41. The van der Waals surface area contributed by atoms with Crippen LogP contribution in [0.25, 0.3) is 0 Å². The van der Waals surface area contributed by atoms with Crippen LogP contribution in [0.5, 0.6) is 0 Å². The lowest BCUT2D eigenvalue weighted by molar-refractivity contribution is -0.120. The second-order valence-electron chi connectivity index (χ2n) is 4.92. The maximum atomic E-state index is 12.5. The van der Waals surface area contributed by atoms with Crippen molar-refractivity contribution in [2.75, 3.05) is 0 Å². The number of hydrogen-bond acceptors (Lipinski definition) is 4. The van der Waals surface area contributed by atoms with Crippen LogP contribution in [0.4, 0.5) is 0 Å². The first-order chi connectivity index (χ1) is 9.73. The van der Waals surface area contributed by atoms with Gasteiger partial charge in [-0.1, -0.05) is 15.9 Å². The van der Waals surface area contributed by atoms with Crippen LogP contribution in [0.2, 0.25) is 0 Å². The zero-order valence-corrected chi connectivity index (χ0v) is 13.6. The van der Waals surface area contributed by atoms with Gasteiger partial charge in [-0.25, -0.2) is 13.2 Å². The molecule has 0 aliphatic heterocycles. The number of amides is 1. The summed E-state index contributed by atoms with van der Waals surface area (Å²) < 4.78 is 25.4. The van der Waals surface area contributed by atoms with Crippen LogP contribution >= 0.6 is 15.9 Å². The van der Waals surface area contributed by atoms with E-state index in [1.807, 2.05) is 0 Å². The number of rotatable bonds is 5. The highest BCUT2D eigenvalue weighted by Gasteiger charge is 2.35. The van der Waals surface area contributed by atoms with Crippen molar-refractivity contribution in [1.29, 1.82) is 0 Å². The molecule has 1 unspecified atom stereocenters. The van der Waals surface area contributed by atoms with E-state index in [0.29, 0.717) is 4.47 Å². The van der Waals surface area contributed by atoms with Crippen LogP contribution in [0.15, 0.2) is 27.6 Å². The minimum atomic E-state index is -4.08. The highest BCUT2D eigenvalue weighted by atomic mass is 79.9. The summed E-state index contributed by atoms with van der Waals surface area (Å²) >= 11 is 3.12. The van der Waals surface area contributed by atoms with E-state index in [9.17, 15) is 18.0 Å². The molecular formula is C13H14BrNO5S. The van der Waals surface area contributed by atoms with Crippen molar-refractivity contribution >= 4 is 37.6 Å². The quantitative estimate of drug-likeness (QED) is 0.813. The van der Waals surface area contributed by atoms with E-state index in [2.05, 4.69) is 21.2 Å². The monoisotopic (exact) mass is 375 g/mol. The van der Waals surface area contributed by atoms with Gasteiger partial charge >= 0.3 is 5.97 Å². The first kappa shape index (κ1) is 16.0. The number of nitrogens with one attached hydrogen (secondary N) is 1. The zero-order valence-electron chi connectivity index (χ0n) is 11.2. The van der Waals surface area contributed by atoms with Crippen molar-refractivity contribution in [2.24, 2.45) is 0 Å². The Morgan fingerprint density at radius 3 is 2.52 bits per heavy atom. The lowest BCUT2D eigenvalue weighted by atomic mass is 10.2. The minimum absolute atomic E-state index is 0.0385. The number of hydrogen-bond donors (Lipinski definition) is 2. The summed E-state index contributed by atoms with van der Waals surface area (Å²) in [6, 6.07) is 3.89. The molecule has 0 radical (unpaired) electrons. The fraction of sp³-hybridized carbons (Fsp3) is 0.385. The Morgan fingerprint density at radius 2 is 2.00 bits per heavy atom. The second kappa shape index (κ2) is 5.76. The fourth-order valence-electron chi connectivity index (χ4n) is 1.79. The number of halogens is 1. The SMILES string of the molecule is CC(C(=O)NC1CC1)S(=O)(=O)c1cc(Br)ccc1C(=O)O. The van der Waals surface area contributed by atoms with Gasteiger partial charge in [0.25, 0.3) is 0 Å². The highest BCUT2D eigenvalue weighted by Crippen LogP contribution is 2.26. The molecular weight excluding hydrogens is 362 g/mol. The molecule has 0 heterocycles. The summed E-state index contributed by atoms with van der Waals surface area (Å²) in [5.41, 5.74) is -0.343. The molecule has 8 heteroatoms. The molecule has 0 saturated heterocycles. The van der Waals surface area contributed by atoms with E-state index >= 15 is 0 Å². The highest BCUT2D eigenvalue weighted by molar-refractivity contribution is 9.10. The third-order valence-corrected chi connectivity index (χ3v) is 5.83. The Bertz CT molecular complexity index is 697. The molecule has 114 valence electrons. The van der Waals surface area contributed by atoms with E-state index in [1.165, 1.54) is 25.1 Å². The molecule has 1 aliphatic rings. The summed E-state index contributed by atoms with van der Waals surface area (Å²) in [4.78, 5) is 22.8. The molecule has 1 amide bonds. The first-order valence-electron chi connectivity index (χ1n) is 6.30. The Morgan fingerprint density at radius 1 is 1.38 bits per heavy atom. The number of carbonyl (C=O) groups excluding carboxylic acids is 1. The average Bonchev–Trinajstić information content (AvgIpc) is 3.21. The van der Waals surface area contributed by atoms with Crippen LogP contribution in [-0.2, 0) is 14.6 Å². The maximum Gasteiger partial charge on any atom is 0.337 e. The molecule has 0 spiro atoms. The number of benzene rings is 1. The van der Waals surface area contributed by atoms with Crippen LogP contribution in [-0.4, -0.2) is 36.7 Å². The summed E-state index contributed by atoms with van der Waals surface area (Å²) in [5, 5.41) is 10.4. The van der Waals surface area contributed by atoms with Crippen LogP contribution in [0, 0.1) is 0 Å². The van der Waals surface area contributed by atoms with Crippen molar-refractivity contribution in [3.63, 3.8) is 0 Å². The number of carbonyl (C=O) groups is 2. The van der Waals surface area contributed by atoms with Crippen LogP contribution in [0.1, 0.15) is 30.1 Å². The summed E-state index contributed by atoms with van der Waals surface area (Å²) in [7, 11) is -4.08. The molecule has 1 atom stereocenters. The molecule has 0 bridgehead atoms. The molecule has 6 nitrogen and oxygen atoms in total. The van der Waals surface area contributed by atoms with Crippen molar-refractivity contribution in [3.8, 4) is 0 Å². The van der Waals surface area contributed by atoms with Gasteiger partial charge in [-0.15, -0.1) is 0 Å². The molecule has 1 fully saturated rings. The lowest BCUT2D eigenvalue weighted by Crippen LogP contribution is -2.39. The van der Waals surface area contributed by atoms with Gasteiger partial charge in [-0.2, -0.15) is 0 Å².